The van der Waals surface area contributed by atoms with E-state index < -0.39 is 0 Å². The number of hydrogen-bond acceptors (Lipinski definition) is 3. The number of nitrogens with one attached hydrogen (secondary N) is 1. The standard InChI is InChI=1S/C14H25NO3/c1-9(2)10(3)13(17)15-11-8-12(16)14(11)4-6-18-7-5-14/h9-12,16H,4-8H2,1-3H3,(H,15,17)/t10?,11-,12-/m1/s1. The number of aliphatic hydroxyl groups excluding tert-OH is 1. The number of aliphatic hydroxyl groups is 1. The molecule has 3 atom stereocenters. The lowest BCUT2D eigenvalue weighted by Gasteiger charge is -2.55. The Morgan fingerprint density at radius 3 is 2.44 bits per heavy atom. The van der Waals surface area contributed by atoms with Gasteiger partial charge in [0.25, 0.3) is 0 Å². The Bertz CT molecular complexity index is 310. The first-order valence-corrected chi connectivity index (χ1v) is 7.03. The molecule has 0 radical (unpaired) electrons. The predicted molar refractivity (Wildman–Crippen MR) is 69.0 cm³/mol. The van der Waals surface area contributed by atoms with Crippen LogP contribution in [0.1, 0.15) is 40.0 Å². The molecule has 1 spiro atoms. The molecule has 2 N–H and O–H groups in total. The lowest BCUT2D eigenvalue weighted by Crippen LogP contribution is -2.66. The summed E-state index contributed by atoms with van der Waals surface area (Å²) in [5.74, 6) is 0.494. The highest BCUT2D eigenvalue weighted by molar-refractivity contribution is 5.79. The highest BCUT2D eigenvalue weighted by Gasteiger charge is 2.55. The van der Waals surface area contributed by atoms with Crippen molar-refractivity contribution in [3.8, 4) is 0 Å². The Labute approximate surface area is 109 Å². The molecule has 0 aromatic rings. The van der Waals surface area contributed by atoms with Crippen molar-refractivity contribution in [1.82, 2.24) is 5.32 Å². The van der Waals surface area contributed by atoms with E-state index in [1.807, 2.05) is 6.92 Å². The smallest absolute Gasteiger partial charge is 0.223 e. The molecular weight excluding hydrogens is 230 g/mol. The van der Waals surface area contributed by atoms with Crippen LogP contribution in [-0.2, 0) is 9.53 Å². The van der Waals surface area contributed by atoms with Crippen molar-refractivity contribution < 1.29 is 14.6 Å². The van der Waals surface area contributed by atoms with Gasteiger partial charge in [0.15, 0.2) is 0 Å². The summed E-state index contributed by atoms with van der Waals surface area (Å²) in [6.07, 6.45) is 2.13. The Balaban J connectivity index is 1.96. The van der Waals surface area contributed by atoms with Crippen LogP contribution in [0.5, 0.6) is 0 Å². The van der Waals surface area contributed by atoms with E-state index in [0.29, 0.717) is 25.6 Å². The molecule has 1 saturated carbocycles. The molecule has 104 valence electrons. The minimum Gasteiger partial charge on any atom is -0.392 e. The number of ether oxygens (including phenoxy) is 1. The van der Waals surface area contributed by atoms with E-state index in [9.17, 15) is 9.90 Å². The van der Waals surface area contributed by atoms with Gasteiger partial charge < -0.3 is 15.2 Å². The third-order valence-corrected chi connectivity index (χ3v) is 4.97. The first-order valence-electron chi connectivity index (χ1n) is 7.03. The first-order chi connectivity index (χ1) is 8.47. The van der Waals surface area contributed by atoms with E-state index in [0.717, 1.165) is 12.8 Å². The maximum Gasteiger partial charge on any atom is 0.223 e. The predicted octanol–water partition coefficient (Wildman–Crippen LogP) is 1.32. The molecule has 4 heteroatoms. The Morgan fingerprint density at radius 2 is 1.94 bits per heavy atom. The highest BCUT2D eigenvalue weighted by atomic mass is 16.5. The van der Waals surface area contributed by atoms with Crippen molar-refractivity contribution in [1.29, 1.82) is 0 Å². The second-order valence-corrected chi connectivity index (χ2v) is 6.19. The van der Waals surface area contributed by atoms with Gasteiger partial charge in [0, 0.05) is 30.6 Å². The Kier molecular flexibility index (Phi) is 3.97. The molecule has 1 aliphatic carbocycles. The second-order valence-electron chi connectivity index (χ2n) is 6.19. The molecule has 0 bridgehead atoms. The number of rotatable bonds is 3. The largest absolute Gasteiger partial charge is 0.392 e. The Morgan fingerprint density at radius 1 is 1.33 bits per heavy atom. The van der Waals surface area contributed by atoms with E-state index in [4.69, 9.17) is 4.74 Å². The van der Waals surface area contributed by atoms with Crippen LogP contribution >= 0.6 is 0 Å². The zero-order valence-corrected chi connectivity index (χ0v) is 11.6. The summed E-state index contributed by atoms with van der Waals surface area (Å²) in [5, 5.41) is 13.2. The van der Waals surface area contributed by atoms with Gasteiger partial charge in [-0.25, -0.2) is 0 Å². The lowest BCUT2D eigenvalue weighted by atomic mass is 9.57. The third-order valence-electron chi connectivity index (χ3n) is 4.97. The molecule has 1 aliphatic heterocycles. The SMILES string of the molecule is CC(C)C(C)C(=O)N[C@@H]1C[C@@H](O)C12CCOCC2. The van der Waals surface area contributed by atoms with E-state index in [1.165, 1.54) is 0 Å². The third kappa shape index (κ3) is 2.28. The molecule has 2 rings (SSSR count). The van der Waals surface area contributed by atoms with E-state index in [2.05, 4.69) is 19.2 Å². The van der Waals surface area contributed by atoms with Crippen molar-refractivity contribution in [3.05, 3.63) is 0 Å². The van der Waals surface area contributed by atoms with Crippen LogP contribution in [0, 0.1) is 17.3 Å². The van der Waals surface area contributed by atoms with Gasteiger partial charge in [-0.1, -0.05) is 20.8 Å². The molecule has 18 heavy (non-hydrogen) atoms. The molecule has 0 aromatic heterocycles. The van der Waals surface area contributed by atoms with Crippen LogP contribution in [-0.4, -0.2) is 36.4 Å². The fourth-order valence-corrected chi connectivity index (χ4v) is 3.01. The van der Waals surface area contributed by atoms with Gasteiger partial charge >= 0.3 is 0 Å². The van der Waals surface area contributed by atoms with Gasteiger partial charge in [0.2, 0.25) is 5.91 Å². The molecule has 1 heterocycles. The number of hydrogen-bond donors (Lipinski definition) is 2. The zero-order chi connectivity index (χ0) is 13.3. The van der Waals surface area contributed by atoms with E-state index in [-0.39, 0.29) is 29.4 Å². The molecular formula is C14H25NO3. The minimum atomic E-state index is -0.277. The summed E-state index contributed by atoms with van der Waals surface area (Å²) in [5.41, 5.74) is -0.120. The van der Waals surface area contributed by atoms with Crippen LogP contribution in [0.3, 0.4) is 0 Å². The number of amides is 1. The maximum absolute atomic E-state index is 12.1. The first kappa shape index (κ1) is 13.8. The van der Waals surface area contributed by atoms with Crippen molar-refractivity contribution in [2.75, 3.05) is 13.2 Å². The van der Waals surface area contributed by atoms with Crippen molar-refractivity contribution in [2.24, 2.45) is 17.3 Å². The highest BCUT2D eigenvalue weighted by Crippen LogP contribution is 2.49. The van der Waals surface area contributed by atoms with Crippen LogP contribution < -0.4 is 5.32 Å². The van der Waals surface area contributed by atoms with Crippen LogP contribution in [0.2, 0.25) is 0 Å². The van der Waals surface area contributed by atoms with Crippen LogP contribution in [0.15, 0.2) is 0 Å². The Hall–Kier alpha value is -0.610. The summed E-state index contributed by atoms with van der Waals surface area (Å²) >= 11 is 0. The van der Waals surface area contributed by atoms with Crippen molar-refractivity contribution in [3.63, 3.8) is 0 Å². The molecule has 4 nitrogen and oxygen atoms in total. The quantitative estimate of drug-likeness (QED) is 0.800. The van der Waals surface area contributed by atoms with E-state index >= 15 is 0 Å². The molecule has 1 saturated heterocycles. The molecule has 2 fully saturated rings. The summed E-state index contributed by atoms with van der Waals surface area (Å²) < 4.78 is 5.36. The van der Waals surface area contributed by atoms with Gasteiger partial charge in [0.05, 0.1) is 6.10 Å². The number of carbonyl (C=O) groups excluding carboxylic acids is 1. The van der Waals surface area contributed by atoms with Gasteiger partial charge in [-0.2, -0.15) is 0 Å². The summed E-state index contributed by atoms with van der Waals surface area (Å²) in [4.78, 5) is 12.1. The monoisotopic (exact) mass is 255 g/mol. The van der Waals surface area contributed by atoms with Crippen LogP contribution in [0.25, 0.3) is 0 Å². The van der Waals surface area contributed by atoms with Gasteiger partial charge in [-0.3, -0.25) is 4.79 Å². The molecule has 1 amide bonds. The lowest BCUT2D eigenvalue weighted by molar-refractivity contribution is -0.157. The molecule has 2 aliphatic rings. The van der Waals surface area contributed by atoms with Gasteiger partial charge in [0.1, 0.15) is 0 Å². The average Bonchev–Trinajstić information content (AvgIpc) is 2.38. The minimum absolute atomic E-state index is 0.0274. The summed E-state index contributed by atoms with van der Waals surface area (Å²) in [6.45, 7) is 7.48. The van der Waals surface area contributed by atoms with Gasteiger partial charge in [-0.05, 0) is 25.2 Å². The zero-order valence-electron chi connectivity index (χ0n) is 11.6. The van der Waals surface area contributed by atoms with Gasteiger partial charge in [-0.15, -0.1) is 0 Å². The average molecular weight is 255 g/mol. The molecule has 0 aromatic carbocycles. The fraction of sp³-hybridized carbons (Fsp3) is 0.929. The van der Waals surface area contributed by atoms with E-state index in [1.54, 1.807) is 0 Å². The van der Waals surface area contributed by atoms with Crippen LogP contribution in [0.4, 0.5) is 0 Å². The van der Waals surface area contributed by atoms with Crippen molar-refractivity contribution in [2.45, 2.75) is 52.2 Å². The maximum atomic E-state index is 12.1. The fourth-order valence-electron chi connectivity index (χ4n) is 3.01. The summed E-state index contributed by atoms with van der Waals surface area (Å²) in [7, 11) is 0. The second kappa shape index (κ2) is 5.17. The van der Waals surface area contributed by atoms with Crippen molar-refractivity contribution >= 4 is 5.91 Å². The normalized spacial score (nSPS) is 32.1. The topological polar surface area (TPSA) is 58.6 Å². The summed E-state index contributed by atoms with van der Waals surface area (Å²) in [6, 6.07) is 0.130. The number of carbonyl (C=O) groups is 1. The molecule has 1 unspecified atom stereocenters.